The Labute approximate surface area is 151 Å². The third-order valence-corrected chi connectivity index (χ3v) is 6.09. The lowest BCUT2D eigenvalue weighted by Gasteiger charge is -2.43. The van der Waals surface area contributed by atoms with Gasteiger partial charge in [-0.25, -0.2) is 0 Å². The number of aliphatic hydroxyl groups excluding tert-OH is 1. The Kier molecular flexibility index (Phi) is 6.13. The molecule has 3 rings (SSSR count). The molecule has 0 spiro atoms. The normalized spacial score (nSPS) is 25.2. The van der Waals surface area contributed by atoms with E-state index in [1.54, 1.807) is 0 Å². The molecule has 1 aliphatic heterocycles. The van der Waals surface area contributed by atoms with E-state index < -0.39 is 0 Å². The number of carbonyl (C=O) groups is 1. The molecule has 1 saturated carbocycles. The molecule has 1 amide bonds. The Hall–Kier alpha value is -1.39. The van der Waals surface area contributed by atoms with Crippen LogP contribution in [0.3, 0.4) is 0 Å². The Morgan fingerprint density at radius 3 is 2.56 bits per heavy atom. The lowest BCUT2D eigenvalue weighted by molar-refractivity contribution is -0.123. The molecule has 1 heterocycles. The van der Waals surface area contributed by atoms with Gasteiger partial charge in [0.2, 0.25) is 5.91 Å². The van der Waals surface area contributed by atoms with Gasteiger partial charge in [-0.1, -0.05) is 18.2 Å². The first-order valence-electron chi connectivity index (χ1n) is 9.77. The van der Waals surface area contributed by atoms with E-state index in [0.717, 1.165) is 45.2 Å². The zero-order valence-corrected chi connectivity index (χ0v) is 15.6. The van der Waals surface area contributed by atoms with Crippen LogP contribution in [-0.4, -0.2) is 36.2 Å². The van der Waals surface area contributed by atoms with Gasteiger partial charge < -0.3 is 15.7 Å². The molecule has 4 nitrogen and oxygen atoms in total. The average Bonchev–Trinajstić information content (AvgIpc) is 2.59. The molecule has 0 unspecified atom stereocenters. The molecular weight excluding hydrogens is 312 g/mol. The van der Waals surface area contributed by atoms with E-state index in [9.17, 15) is 9.90 Å². The maximum Gasteiger partial charge on any atom is 0.220 e. The van der Waals surface area contributed by atoms with E-state index in [1.165, 1.54) is 16.7 Å². The largest absolute Gasteiger partial charge is 0.393 e. The maximum absolute atomic E-state index is 12.6. The van der Waals surface area contributed by atoms with Crippen molar-refractivity contribution in [3.63, 3.8) is 0 Å². The van der Waals surface area contributed by atoms with Gasteiger partial charge in [-0.3, -0.25) is 4.79 Å². The van der Waals surface area contributed by atoms with Crippen molar-refractivity contribution in [1.82, 2.24) is 10.6 Å². The lowest BCUT2D eigenvalue weighted by Crippen LogP contribution is -2.52. The summed E-state index contributed by atoms with van der Waals surface area (Å²) >= 11 is 0. The van der Waals surface area contributed by atoms with E-state index in [4.69, 9.17) is 0 Å². The molecule has 25 heavy (non-hydrogen) atoms. The predicted octanol–water partition coefficient (Wildman–Crippen LogP) is 2.49. The number of aryl methyl sites for hydroxylation is 3. The first-order valence-corrected chi connectivity index (χ1v) is 9.77. The standard InChI is InChI=1S/C21H32N2O2/c1-14-3-4-16(11-15(14)2)5-6-20(25)23-21(18-12-19(24)13-18)17-7-9-22-10-8-17/h3-4,11,17-19,21-22,24H,5-10,12-13H2,1-2H3,(H,23,25)/t18?,19?,21-/m1/s1. The van der Waals surface area contributed by atoms with Crippen LogP contribution in [0.4, 0.5) is 0 Å². The molecule has 4 heteroatoms. The summed E-state index contributed by atoms with van der Waals surface area (Å²) < 4.78 is 0. The van der Waals surface area contributed by atoms with Crippen LogP contribution in [0.25, 0.3) is 0 Å². The molecule has 1 aliphatic carbocycles. The minimum atomic E-state index is -0.165. The van der Waals surface area contributed by atoms with Crippen molar-refractivity contribution in [3.05, 3.63) is 34.9 Å². The van der Waals surface area contributed by atoms with Gasteiger partial charge in [-0.05, 0) is 87.6 Å². The lowest BCUT2D eigenvalue weighted by atomic mass is 9.71. The van der Waals surface area contributed by atoms with Gasteiger partial charge in [0.15, 0.2) is 0 Å². The monoisotopic (exact) mass is 344 g/mol. The first-order chi connectivity index (χ1) is 12.0. The Morgan fingerprint density at radius 1 is 1.20 bits per heavy atom. The second-order valence-electron chi connectivity index (χ2n) is 7.98. The van der Waals surface area contributed by atoms with Gasteiger partial charge >= 0.3 is 0 Å². The molecule has 0 aromatic heterocycles. The second-order valence-corrected chi connectivity index (χ2v) is 7.98. The van der Waals surface area contributed by atoms with E-state index in [2.05, 4.69) is 42.7 Å². The number of aliphatic hydroxyl groups is 1. The van der Waals surface area contributed by atoms with Crippen LogP contribution >= 0.6 is 0 Å². The Morgan fingerprint density at radius 2 is 1.92 bits per heavy atom. The van der Waals surface area contributed by atoms with Crippen molar-refractivity contribution in [2.45, 2.75) is 64.5 Å². The van der Waals surface area contributed by atoms with Crippen molar-refractivity contribution in [3.8, 4) is 0 Å². The molecule has 3 N–H and O–H groups in total. The van der Waals surface area contributed by atoms with Gasteiger partial charge in [-0.2, -0.15) is 0 Å². The van der Waals surface area contributed by atoms with Gasteiger partial charge in [0, 0.05) is 12.5 Å². The molecule has 1 saturated heterocycles. The van der Waals surface area contributed by atoms with E-state index in [0.29, 0.717) is 18.3 Å². The SMILES string of the molecule is Cc1ccc(CCC(=O)N[C@H](C2CCNCC2)C2CC(O)C2)cc1C. The maximum atomic E-state index is 12.6. The molecule has 1 atom stereocenters. The zero-order chi connectivity index (χ0) is 17.8. The number of carbonyl (C=O) groups excluding carboxylic acids is 1. The molecule has 1 aromatic rings. The summed E-state index contributed by atoms with van der Waals surface area (Å²) in [6.45, 7) is 6.31. The minimum absolute atomic E-state index is 0.156. The van der Waals surface area contributed by atoms with Crippen LogP contribution in [-0.2, 0) is 11.2 Å². The number of benzene rings is 1. The van der Waals surface area contributed by atoms with E-state index >= 15 is 0 Å². The Balaban J connectivity index is 1.54. The fourth-order valence-electron chi connectivity index (χ4n) is 4.22. The first kappa shape index (κ1) is 18.4. The fourth-order valence-corrected chi connectivity index (χ4v) is 4.22. The molecular formula is C21H32N2O2. The molecule has 0 radical (unpaired) electrons. The van der Waals surface area contributed by atoms with Gasteiger partial charge in [-0.15, -0.1) is 0 Å². The molecule has 2 aliphatic rings. The number of hydrogen-bond acceptors (Lipinski definition) is 3. The van der Waals surface area contributed by atoms with Crippen LogP contribution in [0.15, 0.2) is 18.2 Å². The summed E-state index contributed by atoms with van der Waals surface area (Å²) in [4.78, 5) is 12.6. The number of piperidine rings is 1. The third kappa shape index (κ3) is 4.83. The summed E-state index contributed by atoms with van der Waals surface area (Å²) in [6.07, 6.45) is 5.08. The highest BCUT2D eigenvalue weighted by Gasteiger charge is 2.38. The smallest absolute Gasteiger partial charge is 0.220 e. The number of rotatable bonds is 6. The van der Waals surface area contributed by atoms with Crippen LogP contribution in [0.2, 0.25) is 0 Å². The van der Waals surface area contributed by atoms with Crippen LogP contribution in [0, 0.1) is 25.7 Å². The molecule has 2 fully saturated rings. The summed E-state index contributed by atoms with van der Waals surface area (Å²) in [6, 6.07) is 6.69. The number of amides is 1. The highest BCUT2D eigenvalue weighted by atomic mass is 16.3. The van der Waals surface area contributed by atoms with Crippen LogP contribution in [0.1, 0.15) is 48.8 Å². The van der Waals surface area contributed by atoms with Crippen molar-refractivity contribution in [1.29, 1.82) is 0 Å². The summed E-state index contributed by atoms with van der Waals surface area (Å²) in [5.41, 5.74) is 3.81. The summed E-state index contributed by atoms with van der Waals surface area (Å²) in [5.74, 6) is 1.15. The highest BCUT2D eigenvalue weighted by molar-refractivity contribution is 5.76. The second kappa shape index (κ2) is 8.33. The number of hydrogen-bond donors (Lipinski definition) is 3. The summed E-state index contributed by atoms with van der Waals surface area (Å²) in [7, 11) is 0. The van der Waals surface area contributed by atoms with Gasteiger partial charge in [0.25, 0.3) is 0 Å². The zero-order valence-electron chi connectivity index (χ0n) is 15.6. The fraction of sp³-hybridized carbons (Fsp3) is 0.667. The number of nitrogens with one attached hydrogen (secondary N) is 2. The average molecular weight is 344 g/mol. The predicted molar refractivity (Wildman–Crippen MR) is 100 cm³/mol. The van der Waals surface area contributed by atoms with Gasteiger partial charge in [0.05, 0.1) is 6.10 Å². The third-order valence-electron chi connectivity index (χ3n) is 6.09. The molecule has 138 valence electrons. The molecule has 0 bridgehead atoms. The van der Waals surface area contributed by atoms with Crippen LogP contribution < -0.4 is 10.6 Å². The topological polar surface area (TPSA) is 61.4 Å². The van der Waals surface area contributed by atoms with Crippen LogP contribution in [0.5, 0.6) is 0 Å². The van der Waals surface area contributed by atoms with Crippen molar-refractivity contribution in [2.24, 2.45) is 11.8 Å². The summed E-state index contributed by atoms with van der Waals surface area (Å²) in [5, 5.41) is 16.4. The van der Waals surface area contributed by atoms with Crippen molar-refractivity contribution >= 4 is 5.91 Å². The molecule has 1 aromatic carbocycles. The quantitative estimate of drug-likeness (QED) is 0.743. The van der Waals surface area contributed by atoms with Gasteiger partial charge in [0.1, 0.15) is 0 Å². The van der Waals surface area contributed by atoms with Crippen molar-refractivity contribution < 1.29 is 9.90 Å². The Bertz CT molecular complexity index is 590. The van der Waals surface area contributed by atoms with Crippen molar-refractivity contribution in [2.75, 3.05) is 13.1 Å². The minimum Gasteiger partial charge on any atom is -0.393 e. The van der Waals surface area contributed by atoms with E-state index in [-0.39, 0.29) is 18.1 Å². The van der Waals surface area contributed by atoms with E-state index in [1.807, 2.05) is 0 Å². The highest BCUT2D eigenvalue weighted by Crippen LogP contribution is 2.35.